The van der Waals surface area contributed by atoms with Gasteiger partial charge in [-0.3, -0.25) is 9.59 Å². The molecule has 4 aromatic rings. The molecule has 0 radical (unpaired) electrons. The first-order valence-electron chi connectivity index (χ1n) is 21.1. The smallest absolute Gasteiger partial charge is 0.330 e. The lowest BCUT2D eigenvalue weighted by Gasteiger charge is -2.30. The molecule has 8 nitrogen and oxygen atoms in total. The summed E-state index contributed by atoms with van der Waals surface area (Å²) in [6.07, 6.45) is 15.6. The Morgan fingerprint density at radius 3 is 1.67 bits per heavy atom. The molecule has 0 aliphatic heterocycles. The molecule has 61 heavy (non-hydrogen) atoms. The van der Waals surface area contributed by atoms with Crippen LogP contribution in [0.4, 0.5) is 20.2 Å². The molecule has 0 saturated heterocycles. The van der Waals surface area contributed by atoms with E-state index in [1.54, 1.807) is 24.3 Å². The third kappa shape index (κ3) is 17.7. The number of anilines is 2. The number of halogens is 5. The average molecular weight is 987 g/mol. The predicted molar refractivity (Wildman–Crippen MR) is 246 cm³/mol. The minimum atomic E-state index is -1.03. The van der Waals surface area contributed by atoms with Crippen LogP contribution in [0.25, 0.3) is 12.2 Å². The van der Waals surface area contributed by atoms with Gasteiger partial charge >= 0.3 is 11.9 Å². The largest absolute Gasteiger partial charge is 0.466 e. The highest BCUT2D eigenvalue weighted by Gasteiger charge is 2.27. The highest BCUT2D eigenvalue weighted by atomic mass is 79.9. The fourth-order valence-electron chi connectivity index (χ4n) is 6.65. The topological polar surface area (TPSA) is 102 Å². The van der Waals surface area contributed by atoms with E-state index in [1.807, 2.05) is 36.4 Å². The first-order chi connectivity index (χ1) is 30.2. The molecule has 2 aliphatic rings. The summed E-state index contributed by atoms with van der Waals surface area (Å²) in [7, 11) is 2.53. The predicted octanol–water partition coefficient (Wildman–Crippen LogP) is 12.6. The number of ether oxygens (including phenoxy) is 2. The number of rotatable bonds is 12. The highest BCUT2D eigenvalue weighted by Crippen LogP contribution is 2.30. The maximum atomic E-state index is 14.5. The molecule has 4 aromatic carbocycles. The number of hydrogen-bond donors (Lipinski definition) is 1. The Bertz CT molecular complexity index is 2200. The van der Waals surface area contributed by atoms with Crippen LogP contribution < -0.4 is 10.2 Å². The van der Waals surface area contributed by atoms with Crippen LogP contribution in [0, 0.1) is 23.5 Å². The Morgan fingerprint density at radius 1 is 0.705 bits per heavy atom. The van der Waals surface area contributed by atoms with Gasteiger partial charge in [-0.2, -0.15) is 0 Å². The van der Waals surface area contributed by atoms with Crippen molar-refractivity contribution in [3.8, 4) is 0 Å². The Hall–Kier alpha value is -4.65. The maximum Gasteiger partial charge on any atom is 0.330 e. The van der Waals surface area contributed by atoms with Crippen LogP contribution >= 0.6 is 43.5 Å². The first-order valence-corrected chi connectivity index (χ1v) is 21.9. The second-order valence-corrected chi connectivity index (χ2v) is 16.6. The quantitative estimate of drug-likeness (QED) is 0.0857. The van der Waals surface area contributed by atoms with Crippen molar-refractivity contribution in [3.63, 3.8) is 0 Å². The number of carbonyl (C=O) groups excluding carboxylic acids is 4. The zero-order valence-electron chi connectivity index (χ0n) is 36.1. The lowest BCUT2D eigenvalue weighted by molar-refractivity contribution is -0.135. The summed E-state index contributed by atoms with van der Waals surface area (Å²) in [6, 6.07) is 22.9. The van der Waals surface area contributed by atoms with Crippen molar-refractivity contribution in [2.75, 3.05) is 24.4 Å². The van der Waals surface area contributed by atoms with Gasteiger partial charge in [-0.15, -0.1) is 0 Å². The molecule has 2 aliphatic carbocycles. The summed E-state index contributed by atoms with van der Waals surface area (Å²) in [5.41, 5.74) is 3.04. The summed E-state index contributed by atoms with van der Waals surface area (Å²) in [5.74, 6) is -2.26. The van der Waals surface area contributed by atoms with Crippen molar-refractivity contribution < 1.29 is 40.2 Å². The summed E-state index contributed by atoms with van der Waals surface area (Å²) in [4.78, 5) is 48.0. The van der Waals surface area contributed by atoms with E-state index in [4.69, 9.17) is 14.3 Å². The van der Waals surface area contributed by atoms with E-state index < -0.39 is 36.6 Å². The van der Waals surface area contributed by atoms with E-state index in [-0.39, 0.29) is 23.0 Å². The number of esters is 2. The summed E-state index contributed by atoms with van der Waals surface area (Å²) in [6.45, 7) is -1.76. The molecule has 0 spiro atoms. The van der Waals surface area contributed by atoms with E-state index >= 15 is 0 Å². The van der Waals surface area contributed by atoms with Crippen molar-refractivity contribution in [2.24, 2.45) is 11.8 Å². The second-order valence-electron chi connectivity index (χ2n) is 14.4. The van der Waals surface area contributed by atoms with Gasteiger partial charge in [0, 0.05) is 50.8 Å². The molecular formula is C48H51Br2ClF2N2O6. The molecule has 2 fully saturated rings. The van der Waals surface area contributed by atoms with Gasteiger partial charge in [-0.25, -0.2) is 18.4 Å². The summed E-state index contributed by atoms with van der Waals surface area (Å²) in [5, 5.41) is 2.79. The molecule has 1 amide bonds. The van der Waals surface area contributed by atoms with Crippen LogP contribution in [0.15, 0.2) is 106 Å². The van der Waals surface area contributed by atoms with Crippen LogP contribution in [0.5, 0.6) is 0 Å². The molecule has 0 heterocycles. The number of methoxy groups -OCH3 is 2. The molecule has 1 N–H and O–H groups in total. The van der Waals surface area contributed by atoms with Gasteiger partial charge in [0.25, 0.3) is 0 Å². The van der Waals surface area contributed by atoms with Crippen molar-refractivity contribution in [1.82, 2.24) is 0 Å². The van der Waals surface area contributed by atoms with E-state index in [9.17, 15) is 28.0 Å². The van der Waals surface area contributed by atoms with Crippen LogP contribution in [0.3, 0.4) is 0 Å². The molecule has 0 bridgehead atoms. The summed E-state index contributed by atoms with van der Waals surface area (Å²) < 4.78 is 56.0. The van der Waals surface area contributed by atoms with Crippen molar-refractivity contribution >= 4 is 90.1 Å². The molecule has 2 unspecified atom stereocenters. The maximum absolute atomic E-state index is 14.5. The lowest BCUT2D eigenvalue weighted by atomic mass is 9.88. The van der Waals surface area contributed by atoms with Crippen LogP contribution in [-0.2, 0) is 41.7 Å². The lowest BCUT2D eigenvalue weighted by Crippen LogP contribution is -2.36. The van der Waals surface area contributed by atoms with Gasteiger partial charge in [-0.05, 0) is 132 Å². The van der Waals surface area contributed by atoms with Gasteiger partial charge in [0.1, 0.15) is 11.6 Å². The van der Waals surface area contributed by atoms with Gasteiger partial charge < -0.3 is 19.7 Å². The molecule has 2 saturated carbocycles. The third-order valence-corrected chi connectivity index (χ3v) is 11.2. The monoisotopic (exact) mass is 984 g/mol. The van der Waals surface area contributed by atoms with Crippen LogP contribution in [0.2, 0.25) is 0 Å². The minimum Gasteiger partial charge on any atom is -0.466 e. The van der Waals surface area contributed by atoms with E-state index in [1.165, 1.54) is 87.0 Å². The molecule has 0 aromatic heterocycles. The zero-order chi connectivity index (χ0) is 45.9. The van der Waals surface area contributed by atoms with E-state index in [0.717, 1.165) is 59.5 Å². The highest BCUT2D eigenvalue weighted by molar-refractivity contribution is 9.10. The first kappa shape index (κ1) is 45.9. The van der Waals surface area contributed by atoms with E-state index in [2.05, 4.69) is 46.7 Å². The van der Waals surface area contributed by atoms with E-state index in [0.29, 0.717) is 28.1 Å². The molecular weight excluding hydrogens is 934 g/mol. The number of carbonyl (C=O) groups is 4. The van der Waals surface area contributed by atoms with Crippen molar-refractivity contribution in [3.05, 3.63) is 140 Å². The molecule has 13 heteroatoms. The fraction of sp³-hybridized carbons (Fsp3) is 0.333. The molecule has 324 valence electrons. The molecule has 6 rings (SSSR count). The Morgan fingerprint density at radius 2 is 1.18 bits per heavy atom. The Balaban J connectivity index is 0.000000237. The van der Waals surface area contributed by atoms with Gasteiger partial charge in [0.15, 0.2) is 0 Å². The number of amides is 1. The number of nitrogens with one attached hydrogen (secondary N) is 1. The fourth-order valence-corrected chi connectivity index (χ4v) is 7.40. The van der Waals surface area contributed by atoms with Gasteiger partial charge in [-0.1, -0.05) is 94.7 Å². The number of nitrogens with zero attached hydrogens (tertiary/aromatic N) is 1. The van der Waals surface area contributed by atoms with Crippen LogP contribution in [-0.4, -0.2) is 37.3 Å². The standard InChI is InChI=1S/C24H25BrFNO3.C17H15BrFNO2.C7H11ClO/c1-30-23(28)12-9-18-13-21(26)15-22(14-18)27(16-17-7-10-20(25)11-8-17)24(29)19-5-3-2-4-6-19;1-22-17(21)7-4-13-8-15(19)10-16(9-13)20-11-12-2-5-14(18)6-3-12;8-7(9)6-4-2-1-3-5-6/h7-15,19H,2-6,16H2,1H3;2-10,20H,11H2,1H3;6H,1-5H2/b12-9+;7-4+;/i16D;11D;. The SMILES string of the molecule is O=C(Cl)C1CCCCC1.[2H]C(Nc1cc(F)cc(/C=C/C(=O)OC)c1)c1ccc(Br)cc1.[2H]C(c1ccc(Br)cc1)N(C(=O)C1CCCCC1)c1cc(F)cc(/C=C/C(=O)OC)c1. The van der Waals surface area contributed by atoms with Crippen molar-refractivity contribution in [1.29, 1.82) is 0 Å². The van der Waals surface area contributed by atoms with Gasteiger partial charge in [0.05, 0.1) is 23.5 Å². The second kappa shape index (κ2) is 26.0. The minimum absolute atomic E-state index is 0.130. The van der Waals surface area contributed by atoms with Crippen molar-refractivity contribution in [2.45, 2.75) is 77.2 Å². The number of hydrogen-bond acceptors (Lipinski definition) is 7. The Kier molecular flexibility index (Phi) is 19.5. The summed E-state index contributed by atoms with van der Waals surface area (Å²) >= 11 is 12.0. The van der Waals surface area contributed by atoms with Crippen LogP contribution in [0.1, 0.15) is 89.2 Å². The Labute approximate surface area is 381 Å². The van der Waals surface area contributed by atoms with Gasteiger partial charge in [0.2, 0.25) is 11.1 Å². The number of benzene rings is 4. The third-order valence-electron chi connectivity index (χ3n) is 9.87. The molecule has 2 atom stereocenters. The average Bonchev–Trinajstić information content (AvgIpc) is 3.28. The normalized spacial score (nSPS) is 15.8. The zero-order valence-corrected chi connectivity index (χ0v) is 38.0.